The third-order valence-corrected chi connectivity index (χ3v) is 11.4. The summed E-state index contributed by atoms with van der Waals surface area (Å²) in [7, 11) is 3.47. The summed E-state index contributed by atoms with van der Waals surface area (Å²) >= 11 is 0. The van der Waals surface area contributed by atoms with Crippen LogP contribution in [0.2, 0.25) is 0 Å². The topological polar surface area (TPSA) is 147 Å². The van der Waals surface area contributed by atoms with Crippen LogP contribution in [0, 0.1) is 11.8 Å². The van der Waals surface area contributed by atoms with Gasteiger partial charge < -0.3 is 31.3 Å². The number of nitrogens with one attached hydrogen (secondary N) is 2. The Morgan fingerprint density at radius 1 is 0.912 bits per heavy atom. The lowest BCUT2D eigenvalue weighted by atomic mass is 9.81. The van der Waals surface area contributed by atoms with Crippen LogP contribution in [-0.2, 0) is 41.7 Å². The van der Waals surface area contributed by atoms with Crippen molar-refractivity contribution < 1.29 is 24.5 Å². The van der Waals surface area contributed by atoms with Crippen LogP contribution in [0.3, 0.4) is 0 Å². The zero-order chi connectivity index (χ0) is 40.4. The molecule has 3 aromatic carbocycles. The number of hydrogen-bond acceptors (Lipinski definition) is 9. The Bertz CT molecular complexity index is 1920. The van der Waals surface area contributed by atoms with Crippen molar-refractivity contribution in [3.63, 3.8) is 0 Å². The van der Waals surface area contributed by atoms with Crippen molar-refractivity contribution in [3.8, 4) is 11.5 Å². The van der Waals surface area contributed by atoms with Gasteiger partial charge in [0, 0.05) is 12.6 Å². The normalized spacial score (nSPS) is 14.1. The van der Waals surface area contributed by atoms with Gasteiger partial charge in [0.1, 0.15) is 11.6 Å². The molecule has 0 amide bonds. The van der Waals surface area contributed by atoms with Crippen LogP contribution in [0.4, 0.5) is 5.82 Å². The highest BCUT2D eigenvalue weighted by atomic mass is 16.5. The number of piperidine rings is 1. The number of pyridine rings is 1. The SMILES string of the molecule is CNCC(CCCCCC(=O)CC(=O)C=C(CO)c1cc(OC)c(O)cc1Cc1cnc(N)cc1CCc1cccc(CCc2ccccc2)c1)C1CCNCC1. The fourth-order valence-electron chi connectivity index (χ4n) is 8.24. The number of benzene rings is 3. The van der Waals surface area contributed by atoms with Gasteiger partial charge in [0.25, 0.3) is 0 Å². The molecule has 1 unspecified atom stereocenters. The number of aliphatic hydroxyl groups is 1. The highest BCUT2D eigenvalue weighted by Gasteiger charge is 2.23. The first-order valence-electron chi connectivity index (χ1n) is 20.7. The fraction of sp³-hybridized carbons (Fsp3) is 0.438. The van der Waals surface area contributed by atoms with Crippen molar-refractivity contribution in [2.24, 2.45) is 11.8 Å². The van der Waals surface area contributed by atoms with Gasteiger partial charge in [-0.2, -0.15) is 0 Å². The number of carbonyl (C=O) groups is 2. The number of rotatable bonds is 23. The van der Waals surface area contributed by atoms with Crippen LogP contribution < -0.4 is 21.1 Å². The predicted octanol–water partition coefficient (Wildman–Crippen LogP) is 7.23. The average molecular weight is 775 g/mol. The largest absolute Gasteiger partial charge is 0.504 e. The van der Waals surface area contributed by atoms with Crippen molar-refractivity contribution in [2.75, 3.05) is 46.1 Å². The Morgan fingerprint density at radius 3 is 2.35 bits per heavy atom. The van der Waals surface area contributed by atoms with Crippen LogP contribution in [0.15, 0.2) is 85.1 Å². The maximum atomic E-state index is 13.2. The average Bonchev–Trinajstić information content (AvgIpc) is 3.22. The first-order chi connectivity index (χ1) is 27.8. The van der Waals surface area contributed by atoms with E-state index in [0.29, 0.717) is 41.3 Å². The molecule has 0 radical (unpaired) electrons. The number of phenolic OH excluding ortho intramolecular Hbond substituents is 1. The van der Waals surface area contributed by atoms with Crippen molar-refractivity contribution in [1.29, 1.82) is 0 Å². The maximum Gasteiger partial charge on any atom is 0.163 e. The molecule has 304 valence electrons. The van der Waals surface area contributed by atoms with E-state index in [0.717, 1.165) is 88.0 Å². The number of nitrogens with two attached hydrogens (primary N) is 1. The molecule has 1 aliphatic rings. The summed E-state index contributed by atoms with van der Waals surface area (Å²) in [5.41, 5.74) is 13.6. The smallest absolute Gasteiger partial charge is 0.163 e. The van der Waals surface area contributed by atoms with Crippen LogP contribution in [-0.4, -0.2) is 67.2 Å². The lowest BCUT2D eigenvalue weighted by Gasteiger charge is -2.30. The molecule has 0 aliphatic carbocycles. The number of hydrogen-bond donors (Lipinski definition) is 5. The molecule has 9 nitrogen and oxygen atoms in total. The van der Waals surface area contributed by atoms with Crippen LogP contribution >= 0.6 is 0 Å². The van der Waals surface area contributed by atoms with Gasteiger partial charge in [-0.3, -0.25) is 9.59 Å². The summed E-state index contributed by atoms with van der Waals surface area (Å²) in [6, 6.07) is 24.3. The molecule has 0 bridgehead atoms. The number of Topliss-reactive ketones (excluding diaryl/α,β-unsaturated/α-hetero) is 1. The van der Waals surface area contributed by atoms with E-state index in [1.54, 1.807) is 18.3 Å². The summed E-state index contributed by atoms with van der Waals surface area (Å²) in [5.74, 6) is 1.53. The number of aryl methyl sites for hydroxylation is 4. The third-order valence-electron chi connectivity index (χ3n) is 11.4. The number of aromatic hydroxyl groups is 1. The minimum Gasteiger partial charge on any atom is -0.504 e. The Kier molecular flexibility index (Phi) is 17.3. The number of carbonyl (C=O) groups excluding carboxylic acids is 2. The first-order valence-corrected chi connectivity index (χ1v) is 20.7. The van der Waals surface area contributed by atoms with E-state index in [4.69, 9.17) is 10.5 Å². The van der Waals surface area contributed by atoms with E-state index in [9.17, 15) is 19.8 Å². The molecule has 4 aromatic rings. The van der Waals surface area contributed by atoms with Crippen molar-refractivity contribution >= 4 is 23.0 Å². The molecule has 9 heteroatoms. The summed E-state index contributed by atoms with van der Waals surface area (Å²) in [6.07, 6.45) is 13.5. The van der Waals surface area contributed by atoms with Gasteiger partial charge in [0.2, 0.25) is 0 Å². The lowest BCUT2D eigenvalue weighted by molar-refractivity contribution is -0.124. The third kappa shape index (κ3) is 13.7. The van der Waals surface area contributed by atoms with Gasteiger partial charge in [0.05, 0.1) is 20.1 Å². The molecule has 5 rings (SSSR count). The minimum atomic E-state index is -0.431. The molecule has 1 fully saturated rings. The highest BCUT2D eigenvalue weighted by molar-refractivity contribution is 6.07. The van der Waals surface area contributed by atoms with Gasteiger partial charge in [-0.05, 0) is 165 Å². The number of aromatic nitrogens is 1. The monoisotopic (exact) mass is 774 g/mol. The molecule has 1 aliphatic heterocycles. The summed E-state index contributed by atoms with van der Waals surface area (Å²) < 4.78 is 5.43. The predicted molar refractivity (Wildman–Crippen MR) is 230 cm³/mol. The first kappa shape index (κ1) is 43.3. The van der Waals surface area contributed by atoms with Crippen LogP contribution in [0.5, 0.6) is 11.5 Å². The molecule has 57 heavy (non-hydrogen) atoms. The van der Waals surface area contributed by atoms with Crippen LogP contribution in [0.25, 0.3) is 5.57 Å². The molecule has 6 N–H and O–H groups in total. The van der Waals surface area contributed by atoms with Gasteiger partial charge in [-0.25, -0.2) is 4.98 Å². The molecule has 0 spiro atoms. The second-order valence-electron chi connectivity index (χ2n) is 15.6. The fourth-order valence-corrected chi connectivity index (χ4v) is 8.24. The van der Waals surface area contributed by atoms with Crippen LogP contribution in [0.1, 0.15) is 90.3 Å². The number of allylic oxidation sites excluding steroid dienone is 1. The molecule has 2 heterocycles. The number of anilines is 1. The number of aliphatic hydroxyl groups excluding tert-OH is 1. The number of methoxy groups -OCH3 is 1. The Labute approximate surface area is 339 Å². The number of ether oxygens (including phenoxy) is 1. The number of nitrogens with zero attached hydrogens (tertiary/aromatic N) is 1. The van der Waals surface area contributed by atoms with Gasteiger partial charge >= 0.3 is 0 Å². The number of ketones is 2. The Balaban J connectivity index is 1.22. The van der Waals surface area contributed by atoms with E-state index in [1.165, 1.54) is 42.7 Å². The summed E-state index contributed by atoms with van der Waals surface area (Å²) in [5, 5.41) is 28.2. The molecule has 1 atom stereocenters. The van der Waals surface area contributed by atoms with Crippen molar-refractivity contribution in [1.82, 2.24) is 15.6 Å². The van der Waals surface area contributed by atoms with Gasteiger partial charge in [-0.1, -0.05) is 67.4 Å². The molecular weight excluding hydrogens is 713 g/mol. The second kappa shape index (κ2) is 22.8. The van der Waals surface area contributed by atoms with E-state index >= 15 is 0 Å². The lowest BCUT2D eigenvalue weighted by Crippen LogP contribution is -2.35. The van der Waals surface area contributed by atoms with Gasteiger partial charge in [0.15, 0.2) is 17.3 Å². The quantitative estimate of drug-likeness (QED) is 0.0299. The second-order valence-corrected chi connectivity index (χ2v) is 15.6. The highest BCUT2D eigenvalue weighted by Crippen LogP contribution is 2.35. The zero-order valence-corrected chi connectivity index (χ0v) is 33.9. The van der Waals surface area contributed by atoms with E-state index in [2.05, 4.69) is 64.1 Å². The number of phenols is 1. The molecule has 0 saturated carbocycles. The van der Waals surface area contributed by atoms with E-state index in [1.807, 2.05) is 19.2 Å². The molecule has 1 aromatic heterocycles. The molecule has 1 saturated heterocycles. The van der Waals surface area contributed by atoms with E-state index < -0.39 is 6.61 Å². The Morgan fingerprint density at radius 2 is 1.63 bits per heavy atom. The number of nitrogen functional groups attached to an aromatic ring is 1. The minimum absolute atomic E-state index is 0.0552. The zero-order valence-electron chi connectivity index (χ0n) is 33.9. The summed E-state index contributed by atoms with van der Waals surface area (Å²) in [6.45, 7) is 2.78. The number of unbranched alkanes of at least 4 members (excludes halogenated alkanes) is 2. The van der Waals surface area contributed by atoms with Gasteiger partial charge in [-0.15, -0.1) is 0 Å². The molecular formula is C48H62N4O5. The van der Waals surface area contributed by atoms with Crippen molar-refractivity contribution in [3.05, 3.63) is 124 Å². The van der Waals surface area contributed by atoms with E-state index in [-0.39, 0.29) is 29.5 Å². The Hall–Kier alpha value is -4.83. The maximum absolute atomic E-state index is 13.2. The summed E-state index contributed by atoms with van der Waals surface area (Å²) in [4.78, 5) is 30.5. The standard InChI is InChI=1S/C48H62N4O5/c1-50-31-39(37-20-22-51-23-21-37)14-7-4-8-15-43(54)29-44(55)26-42(33-53)45-30-47(57-2)46(56)27-40(45)25-41-32-52-48(49)28-38(41)19-18-36-13-9-12-35(24-36)17-16-34-10-5-3-6-11-34/h3,5-6,9-13,24,26-28,30,32,37,39,50-51,53,56H,4,7-8,14-23,25,29,31,33H2,1-2H3,(H2,49,52). The van der Waals surface area contributed by atoms with Crippen molar-refractivity contribution in [2.45, 2.75) is 83.5 Å².